The average Bonchev–Trinajstić information content (AvgIpc) is 2.80. The van der Waals surface area contributed by atoms with Crippen LogP contribution in [0, 0.1) is 0 Å². The lowest BCUT2D eigenvalue weighted by atomic mass is 9.89. The zero-order chi connectivity index (χ0) is 22.5. The van der Waals surface area contributed by atoms with Gasteiger partial charge >= 0.3 is 5.97 Å². The van der Waals surface area contributed by atoms with Crippen LogP contribution in [0.5, 0.6) is 5.75 Å². The first-order valence-corrected chi connectivity index (χ1v) is 11.2. The lowest BCUT2D eigenvalue weighted by Gasteiger charge is -2.46. The van der Waals surface area contributed by atoms with Crippen molar-refractivity contribution in [2.24, 2.45) is 0 Å². The molecule has 0 bridgehead atoms. The molecule has 164 valence electrons. The molecule has 2 aliphatic rings. The maximum absolute atomic E-state index is 13.3. The van der Waals surface area contributed by atoms with Crippen LogP contribution < -0.4 is 10.1 Å². The molecule has 3 unspecified atom stereocenters. The van der Waals surface area contributed by atoms with E-state index >= 15 is 0 Å². The lowest BCUT2D eigenvalue weighted by Crippen LogP contribution is -2.79. The van der Waals surface area contributed by atoms with E-state index in [1.165, 1.54) is 20.8 Å². The molecular formula is C18H19Cl3N2O6S. The highest BCUT2D eigenvalue weighted by atomic mass is 35.6. The monoisotopic (exact) mass is 496 g/mol. The van der Waals surface area contributed by atoms with E-state index in [0.717, 1.165) is 4.90 Å². The molecule has 4 atom stereocenters. The fourth-order valence-electron chi connectivity index (χ4n) is 3.61. The number of rotatable bonds is 5. The van der Waals surface area contributed by atoms with Crippen molar-refractivity contribution in [3.63, 3.8) is 0 Å². The number of hydrogen-bond acceptors (Lipinski definition) is 6. The van der Waals surface area contributed by atoms with Crippen LogP contribution in [0.25, 0.3) is 0 Å². The van der Waals surface area contributed by atoms with Gasteiger partial charge in [-0.15, -0.1) is 0 Å². The summed E-state index contributed by atoms with van der Waals surface area (Å²) < 4.78 is 20.8. The van der Waals surface area contributed by atoms with Crippen molar-refractivity contribution in [1.82, 2.24) is 10.2 Å². The maximum atomic E-state index is 13.3. The van der Waals surface area contributed by atoms with Gasteiger partial charge in [0.1, 0.15) is 12.4 Å². The Kier molecular flexibility index (Phi) is 6.16. The molecular weight excluding hydrogens is 479 g/mol. The summed E-state index contributed by atoms with van der Waals surface area (Å²) in [7, 11) is 0. The first-order chi connectivity index (χ1) is 13.8. The van der Waals surface area contributed by atoms with Crippen LogP contribution in [0.1, 0.15) is 20.8 Å². The highest BCUT2D eigenvalue weighted by Crippen LogP contribution is 2.52. The van der Waals surface area contributed by atoms with Gasteiger partial charge in [0.15, 0.2) is 4.75 Å². The van der Waals surface area contributed by atoms with Gasteiger partial charge in [-0.1, -0.05) is 53.0 Å². The number of nitrogens with one attached hydrogen (secondary N) is 1. The lowest BCUT2D eigenvalue weighted by molar-refractivity contribution is -0.186. The van der Waals surface area contributed by atoms with Gasteiger partial charge in [-0.25, -0.2) is 4.79 Å². The summed E-state index contributed by atoms with van der Waals surface area (Å²) in [5.41, 5.74) is -2.06. The number of carbonyl (C=O) groups is 3. The van der Waals surface area contributed by atoms with Crippen LogP contribution in [0.15, 0.2) is 30.3 Å². The number of benzene rings is 1. The van der Waals surface area contributed by atoms with Gasteiger partial charge in [0.05, 0.1) is 0 Å². The van der Waals surface area contributed by atoms with E-state index in [-0.39, 0.29) is 0 Å². The number of halogens is 3. The van der Waals surface area contributed by atoms with E-state index in [9.17, 15) is 18.9 Å². The third-order valence-corrected chi connectivity index (χ3v) is 7.50. The van der Waals surface area contributed by atoms with Gasteiger partial charge in [0.2, 0.25) is 21.2 Å². The molecule has 1 aromatic carbocycles. The minimum atomic E-state index is -2.06. The molecule has 12 heteroatoms. The van der Waals surface area contributed by atoms with Gasteiger partial charge in [-0.2, -0.15) is 0 Å². The molecule has 2 aliphatic heterocycles. The van der Waals surface area contributed by atoms with Gasteiger partial charge in [0, 0.05) is 6.92 Å². The molecule has 2 saturated heterocycles. The van der Waals surface area contributed by atoms with Crippen molar-refractivity contribution in [3.8, 4) is 5.75 Å². The highest BCUT2D eigenvalue weighted by molar-refractivity contribution is 7.94. The Labute approximate surface area is 191 Å². The second-order valence-corrected chi connectivity index (χ2v) is 12.0. The Morgan fingerprint density at radius 2 is 1.87 bits per heavy atom. The number of fused-ring (bicyclic) bond motifs is 1. The number of alkyl halides is 3. The third-order valence-electron chi connectivity index (χ3n) is 4.97. The van der Waals surface area contributed by atoms with Gasteiger partial charge in [0.25, 0.3) is 11.6 Å². The van der Waals surface area contributed by atoms with Crippen LogP contribution in [-0.2, 0) is 30.3 Å². The number of carbonyl (C=O) groups excluding carboxylic acids is 3. The summed E-state index contributed by atoms with van der Waals surface area (Å²) in [5.74, 6) is -1.91. The molecule has 8 nitrogen and oxygen atoms in total. The second kappa shape index (κ2) is 7.94. The summed E-state index contributed by atoms with van der Waals surface area (Å²) in [6.45, 7) is 3.51. The van der Waals surface area contributed by atoms with Crippen LogP contribution >= 0.6 is 34.8 Å². The Morgan fingerprint density at radius 1 is 1.27 bits per heavy atom. The molecule has 0 aliphatic carbocycles. The number of para-hydroxylation sites is 1. The molecule has 1 N–H and O–H groups in total. The second-order valence-electron chi connectivity index (χ2n) is 7.34. The quantitative estimate of drug-likeness (QED) is 0.288. The molecule has 0 aromatic heterocycles. The Balaban J connectivity index is 1.98. The molecule has 1 aromatic rings. The molecule has 3 rings (SSSR count). The van der Waals surface area contributed by atoms with E-state index in [4.69, 9.17) is 44.3 Å². The molecule has 0 spiro atoms. The predicted octanol–water partition coefficient (Wildman–Crippen LogP) is 1.89. The van der Waals surface area contributed by atoms with Crippen LogP contribution in [-0.4, -0.2) is 59.5 Å². The Bertz CT molecular complexity index is 865. The summed E-state index contributed by atoms with van der Waals surface area (Å²) in [4.78, 5) is 39.2. The minimum Gasteiger partial charge on any atom is -0.614 e. The molecule has 2 heterocycles. The fourth-order valence-corrected chi connectivity index (χ4v) is 5.75. The van der Waals surface area contributed by atoms with Gasteiger partial charge in [-0.3, -0.25) is 14.5 Å². The molecule has 2 fully saturated rings. The first-order valence-electron chi connectivity index (χ1n) is 8.81. The maximum Gasteiger partial charge on any atom is 0.359 e. The summed E-state index contributed by atoms with van der Waals surface area (Å²) in [6, 6.07) is 8.52. The van der Waals surface area contributed by atoms with Crippen molar-refractivity contribution >= 4 is 63.8 Å². The van der Waals surface area contributed by atoms with E-state index in [1.54, 1.807) is 30.3 Å². The summed E-state index contributed by atoms with van der Waals surface area (Å²) in [6.07, 6.45) is -1.09. The van der Waals surface area contributed by atoms with Crippen molar-refractivity contribution in [2.75, 3.05) is 6.61 Å². The van der Waals surface area contributed by atoms with Crippen molar-refractivity contribution < 1.29 is 28.4 Å². The smallest absolute Gasteiger partial charge is 0.359 e. The van der Waals surface area contributed by atoms with Crippen molar-refractivity contribution in [2.45, 2.75) is 46.5 Å². The fraction of sp³-hybridized carbons (Fsp3) is 0.500. The predicted molar refractivity (Wildman–Crippen MR) is 112 cm³/mol. The summed E-state index contributed by atoms with van der Waals surface area (Å²) >= 11 is 15.2. The number of esters is 1. The largest absolute Gasteiger partial charge is 0.614 e. The SMILES string of the molecule is CC(=O)NC1(C(=O)OCC(Cl)(Cl)Cl)N2C(=O)C(Oc3ccccc3)[C@H]2[S+]([O-])C1(C)C. The normalized spacial score (nSPS) is 29.6. The zero-order valence-corrected chi connectivity index (χ0v) is 19.3. The van der Waals surface area contributed by atoms with Gasteiger partial charge in [-0.05, 0) is 37.2 Å². The Morgan fingerprint density at radius 3 is 2.40 bits per heavy atom. The molecule has 30 heavy (non-hydrogen) atoms. The van der Waals surface area contributed by atoms with Crippen LogP contribution in [0.4, 0.5) is 0 Å². The average molecular weight is 498 g/mol. The number of nitrogens with zero attached hydrogens (tertiary/aromatic N) is 1. The minimum absolute atomic E-state index is 0.404. The first kappa shape index (κ1) is 23.3. The van der Waals surface area contributed by atoms with Crippen molar-refractivity contribution in [1.29, 1.82) is 0 Å². The molecule has 0 saturated carbocycles. The van der Waals surface area contributed by atoms with E-state index < -0.39 is 61.2 Å². The standard InChI is InChI=1S/C18H19Cl3N2O6S/c1-10(24)22-18(15(26)28-9-17(19,20)21)16(2,3)30(27)14-12(13(25)23(14)18)29-11-7-5-4-6-8-11/h4-8,12,14H,9H2,1-3H3,(H,22,24)/t12?,14-,18?,30?/m1/s1. The van der Waals surface area contributed by atoms with E-state index in [2.05, 4.69) is 5.32 Å². The zero-order valence-electron chi connectivity index (χ0n) is 16.2. The van der Waals surface area contributed by atoms with Crippen molar-refractivity contribution in [3.05, 3.63) is 30.3 Å². The summed E-state index contributed by atoms with van der Waals surface area (Å²) in [5, 5.41) is 1.49. The number of amides is 2. The number of ether oxygens (including phenoxy) is 2. The number of β-lactam (4-membered cyclic amide) rings is 1. The third kappa shape index (κ3) is 3.71. The van der Waals surface area contributed by atoms with E-state index in [1.807, 2.05) is 0 Å². The highest BCUT2D eigenvalue weighted by Gasteiger charge is 2.82. The topological polar surface area (TPSA) is 108 Å². The number of hydrogen-bond donors (Lipinski definition) is 1. The van der Waals surface area contributed by atoms with Crippen LogP contribution in [0.2, 0.25) is 0 Å². The Hall–Kier alpha value is -1.39. The van der Waals surface area contributed by atoms with Crippen LogP contribution in [0.3, 0.4) is 0 Å². The van der Waals surface area contributed by atoms with Gasteiger partial charge < -0.3 is 19.3 Å². The molecule has 0 radical (unpaired) electrons. The molecule has 2 amide bonds. The van der Waals surface area contributed by atoms with E-state index in [0.29, 0.717) is 5.75 Å².